The van der Waals surface area contributed by atoms with Crippen LogP contribution in [0.15, 0.2) is 6.20 Å². The molecule has 1 saturated heterocycles. The Hall–Kier alpha value is -0.690. The molecule has 120 valence electrons. The van der Waals surface area contributed by atoms with Crippen molar-refractivity contribution in [3.8, 4) is 0 Å². The first-order valence-electron chi connectivity index (χ1n) is 7.97. The van der Waals surface area contributed by atoms with Crippen molar-refractivity contribution in [1.82, 2.24) is 14.8 Å². The Balaban J connectivity index is 1.62. The lowest BCUT2D eigenvalue weighted by atomic mass is 10.1. The number of likely N-dealkylation sites (N-methyl/N-ethyl adjacent to an activating group) is 1. The molecule has 0 amide bonds. The van der Waals surface area contributed by atoms with E-state index in [1.165, 1.54) is 4.88 Å². The van der Waals surface area contributed by atoms with Crippen molar-refractivity contribution < 1.29 is 4.74 Å². The first-order chi connectivity index (χ1) is 10.2. The summed E-state index contributed by atoms with van der Waals surface area (Å²) in [6, 6.07) is 0. The number of piperidine rings is 1. The fraction of sp³-hybridized carbons (Fsp3) is 0.800. The van der Waals surface area contributed by atoms with Crippen LogP contribution >= 0.6 is 11.3 Å². The Morgan fingerprint density at radius 2 is 2.10 bits per heavy atom. The van der Waals surface area contributed by atoms with Gasteiger partial charge in [-0.25, -0.2) is 4.98 Å². The maximum Gasteiger partial charge on any atom is 0.180 e. The van der Waals surface area contributed by atoms with Gasteiger partial charge in [0.25, 0.3) is 0 Å². The summed E-state index contributed by atoms with van der Waals surface area (Å²) in [5.41, 5.74) is 5.67. The minimum absolute atomic E-state index is 0.434. The summed E-state index contributed by atoms with van der Waals surface area (Å²) < 4.78 is 6.02. The van der Waals surface area contributed by atoms with Gasteiger partial charge in [0.15, 0.2) is 5.13 Å². The van der Waals surface area contributed by atoms with Gasteiger partial charge in [0.2, 0.25) is 0 Å². The number of rotatable bonds is 8. The molecule has 0 aromatic carbocycles. The highest BCUT2D eigenvalue weighted by atomic mass is 32.1. The fourth-order valence-corrected chi connectivity index (χ4v) is 3.47. The van der Waals surface area contributed by atoms with E-state index >= 15 is 0 Å². The second-order valence-corrected chi connectivity index (χ2v) is 6.68. The summed E-state index contributed by atoms with van der Waals surface area (Å²) in [7, 11) is 0. The van der Waals surface area contributed by atoms with Gasteiger partial charge in [-0.05, 0) is 25.9 Å². The number of ether oxygens (including phenoxy) is 1. The lowest BCUT2D eigenvalue weighted by Crippen LogP contribution is -2.37. The normalized spacial score (nSPS) is 17.7. The highest BCUT2D eigenvalue weighted by Crippen LogP contribution is 2.20. The van der Waals surface area contributed by atoms with E-state index in [0.717, 1.165) is 58.7 Å². The van der Waals surface area contributed by atoms with Crippen molar-refractivity contribution >= 4 is 16.5 Å². The van der Waals surface area contributed by atoms with Crippen LogP contribution in [0.2, 0.25) is 0 Å². The van der Waals surface area contributed by atoms with E-state index in [2.05, 4.69) is 28.6 Å². The first-order valence-corrected chi connectivity index (χ1v) is 8.79. The van der Waals surface area contributed by atoms with Crippen LogP contribution in [0, 0.1) is 0 Å². The molecule has 1 aromatic heterocycles. The van der Waals surface area contributed by atoms with E-state index in [-0.39, 0.29) is 0 Å². The Morgan fingerprint density at radius 3 is 2.67 bits per heavy atom. The average Bonchev–Trinajstić information content (AvgIpc) is 2.90. The molecule has 2 N–H and O–H groups in total. The van der Waals surface area contributed by atoms with E-state index in [9.17, 15) is 0 Å². The number of nitrogens with two attached hydrogens (primary N) is 1. The standard InChI is InChI=1S/C15H28N4OS/c1-3-18(4-2)9-10-20-13-5-7-19(8-6-13)12-14-11-17-15(16)21-14/h11,13H,3-10,12H2,1-2H3,(H2,16,17). The van der Waals surface area contributed by atoms with Crippen molar-refractivity contribution in [2.45, 2.75) is 39.3 Å². The number of nitrogen functional groups attached to an aromatic ring is 1. The maximum absolute atomic E-state index is 6.02. The zero-order chi connectivity index (χ0) is 15.1. The molecule has 2 rings (SSSR count). The van der Waals surface area contributed by atoms with E-state index in [0.29, 0.717) is 11.2 Å². The number of likely N-dealkylation sites (tertiary alicyclic amines) is 1. The van der Waals surface area contributed by atoms with Crippen molar-refractivity contribution in [2.24, 2.45) is 0 Å². The quantitative estimate of drug-likeness (QED) is 0.796. The van der Waals surface area contributed by atoms with Crippen LogP contribution in [0.5, 0.6) is 0 Å². The molecule has 1 fully saturated rings. The first kappa shape index (κ1) is 16.7. The van der Waals surface area contributed by atoms with Crippen molar-refractivity contribution in [3.63, 3.8) is 0 Å². The Bertz CT molecular complexity index is 400. The van der Waals surface area contributed by atoms with Gasteiger partial charge < -0.3 is 15.4 Å². The number of anilines is 1. The molecular formula is C15H28N4OS. The third kappa shape index (κ3) is 5.54. The van der Waals surface area contributed by atoms with Gasteiger partial charge >= 0.3 is 0 Å². The molecule has 0 spiro atoms. The smallest absolute Gasteiger partial charge is 0.180 e. The Labute approximate surface area is 132 Å². The lowest BCUT2D eigenvalue weighted by molar-refractivity contribution is -0.00207. The summed E-state index contributed by atoms with van der Waals surface area (Å²) >= 11 is 1.59. The number of nitrogens with zero attached hydrogens (tertiary/aromatic N) is 3. The van der Waals surface area contributed by atoms with Gasteiger partial charge in [0, 0.05) is 37.3 Å². The molecule has 0 atom stereocenters. The molecule has 1 aromatic rings. The summed E-state index contributed by atoms with van der Waals surface area (Å²) in [6.45, 7) is 11.7. The molecule has 0 aliphatic carbocycles. The average molecular weight is 312 g/mol. The molecule has 0 radical (unpaired) electrons. The van der Waals surface area contributed by atoms with Gasteiger partial charge in [0.05, 0.1) is 12.7 Å². The zero-order valence-corrected chi connectivity index (χ0v) is 14.1. The predicted molar refractivity (Wildman–Crippen MR) is 88.6 cm³/mol. The summed E-state index contributed by atoms with van der Waals surface area (Å²) in [6.07, 6.45) is 4.59. The SMILES string of the molecule is CCN(CC)CCOC1CCN(Cc2cnc(N)s2)CC1. The molecule has 1 aliphatic heterocycles. The molecule has 0 unspecified atom stereocenters. The van der Waals surface area contributed by atoms with Crippen LogP contribution in [0.4, 0.5) is 5.13 Å². The van der Waals surface area contributed by atoms with Crippen LogP contribution in [-0.4, -0.2) is 60.2 Å². The van der Waals surface area contributed by atoms with Gasteiger partial charge in [0.1, 0.15) is 0 Å². The second-order valence-electron chi connectivity index (χ2n) is 5.54. The third-order valence-electron chi connectivity index (χ3n) is 4.14. The van der Waals surface area contributed by atoms with Gasteiger partial charge in [-0.3, -0.25) is 4.90 Å². The molecule has 1 aliphatic rings. The fourth-order valence-electron chi connectivity index (χ4n) is 2.74. The van der Waals surface area contributed by atoms with Crippen molar-refractivity contribution in [3.05, 3.63) is 11.1 Å². The van der Waals surface area contributed by atoms with Crippen molar-refractivity contribution in [1.29, 1.82) is 0 Å². The summed E-state index contributed by atoms with van der Waals surface area (Å²) in [5, 5.41) is 0.666. The maximum atomic E-state index is 6.02. The predicted octanol–water partition coefficient (Wildman–Crippen LogP) is 2.05. The number of hydrogen-bond acceptors (Lipinski definition) is 6. The summed E-state index contributed by atoms with van der Waals surface area (Å²) in [5.74, 6) is 0. The van der Waals surface area contributed by atoms with Crippen LogP contribution in [0.3, 0.4) is 0 Å². The van der Waals surface area contributed by atoms with Crippen LogP contribution < -0.4 is 5.73 Å². The molecule has 0 saturated carbocycles. The molecule has 6 heteroatoms. The second kappa shape index (κ2) is 8.68. The number of thiazole rings is 1. The highest BCUT2D eigenvalue weighted by Gasteiger charge is 2.20. The van der Waals surface area contributed by atoms with Crippen LogP contribution in [0.1, 0.15) is 31.6 Å². The van der Waals surface area contributed by atoms with Gasteiger partial charge in [-0.15, -0.1) is 11.3 Å². The Morgan fingerprint density at radius 1 is 1.38 bits per heavy atom. The molecule has 21 heavy (non-hydrogen) atoms. The van der Waals surface area contributed by atoms with E-state index in [1.54, 1.807) is 11.3 Å². The van der Waals surface area contributed by atoms with Crippen LogP contribution in [-0.2, 0) is 11.3 Å². The molecule has 2 heterocycles. The van der Waals surface area contributed by atoms with Crippen LogP contribution in [0.25, 0.3) is 0 Å². The number of hydrogen-bond donors (Lipinski definition) is 1. The molecule has 0 bridgehead atoms. The third-order valence-corrected chi connectivity index (χ3v) is 4.95. The lowest BCUT2D eigenvalue weighted by Gasteiger charge is -2.32. The van der Waals surface area contributed by atoms with Gasteiger partial charge in [-0.2, -0.15) is 0 Å². The van der Waals surface area contributed by atoms with E-state index in [1.807, 2.05) is 6.20 Å². The molecular weight excluding hydrogens is 284 g/mol. The topological polar surface area (TPSA) is 54.6 Å². The minimum atomic E-state index is 0.434. The Kier molecular flexibility index (Phi) is 6.89. The monoisotopic (exact) mass is 312 g/mol. The highest BCUT2D eigenvalue weighted by molar-refractivity contribution is 7.15. The zero-order valence-electron chi connectivity index (χ0n) is 13.3. The van der Waals surface area contributed by atoms with Crippen molar-refractivity contribution in [2.75, 3.05) is 45.1 Å². The van der Waals surface area contributed by atoms with E-state index in [4.69, 9.17) is 10.5 Å². The summed E-state index contributed by atoms with van der Waals surface area (Å²) in [4.78, 5) is 10.2. The minimum Gasteiger partial charge on any atom is -0.377 e. The molecule has 5 nitrogen and oxygen atoms in total. The van der Waals surface area contributed by atoms with E-state index < -0.39 is 0 Å². The van der Waals surface area contributed by atoms with Gasteiger partial charge in [-0.1, -0.05) is 13.8 Å². The largest absolute Gasteiger partial charge is 0.377 e. The number of aromatic nitrogens is 1.